The van der Waals surface area contributed by atoms with Crippen molar-refractivity contribution in [1.29, 1.82) is 0 Å². The Morgan fingerprint density at radius 2 is 1.80 bits per heavy atom. The van der Waals surface area contributed by atoms with Gasteiger partial charge in [-0.3, -0.25) is 19.2 Å². The zero-order valence-corrected chi connectivity index (χ0v) is 8.19. The minimum atomic E-state index is -0.889. The summed E-state index contributed by atoms with van der Waals surface area (Å²) in [5.74, 6) is -1.97. The number of hydrogen-bond donors (Lipinski definition) is 3. The molecule has 0 rings (SSSR count). The third-order valence-electron chi connectivity index (χ3n) is 1.44. The average molecular weight is 218 g/mol. The Hall–Kier alpha value is -1.63. The molecule has 15 heavy (non-hydrogen) atoms. The van der Waals surface area contributed by atoms with E-state index in [-0.39, 0.29) is 19.4 Å². The number of carboxylic acid groups (broad SMARTS) is 1. The third-order valence-corrected chi connectivity index (χ3v) is 1.44. The van der Waals surface area contributed by atoms with Crippen molar-refractivity contribution in [3.8, 4) is 0 Å². The van der Waals surface area contributed by atoms with Gasteiger partial charge in [0, 0.05) is 12.8 Å². The molecule has 0 saturated carbocycles. The molecule has 7 heteroatoms. The van der Waals surface area contributed by atoms with Gasteiger partial charge in [-0.1, -0.05) is 0 Å². The monoisotopic (exact) mass is 218 g/mol. The second kappa shape index (κ2) is 7.74. The largest absolute Gasteiger partial charge is 0.481 e. The van der Waals surface area contributed by atoms with Gasteiger partial charge in [-0.15, -0.1) is 0 Å². The Kier molecular flexibility index (Phi) is 6.90. The summed E-state index contributed by atoms with van der Waals surface area (Å²) < 4.78 is 0. The molecule has 0 saturated heterocycles. The van der Waals surface area contributed by atoms with Crippen molar-refractivity contribution < 1.29 is 24.3 Å². The van der Waals surface area contributed by atoms with Crippen molar-refractivity contribution in [3.63, 3.8) is 0 Å². The number of hydrogen-bond acceptors (Lipinski definition) is 4. The Balaban J connectivity index is 3.33. The van der Waals surface area contributed by atoms with Crippen molar-refractivity contribution in [2.45, 2.75) is 25.7 Å². The molecule has 0 aliphatic carbocycles. The molecule has 4 N–H and O–H groups in total. The highest BCUT2D eigenvalue weighted by Crippen LogP contribution is 1.99. The normalized spacial score (nSPS) is 9.60. The minimum absolute atomic E-state index is 0.0371. The summed E-state index contributed by atoms with van der Waals surface area (Å²) in [5.41, 5.74) is 6.77. The topological polar surface area (TPSA) is 119 Å². The summed E-state index contributed by atoms with van der Waals surface area (Å²) >= 11 is 0. The number of carbonyl (C=O) groups is 3. The number of unbranched alkanes of at least 4 members (excludes halogenated alkanes) is 1. The summed E-state index contributed by atoms with van der Waals surface area (Å²) in [6, 6.07) is 0. The van der Waals surface area contributed by atoms with Crippen molar-refractivity contribution in [3.05, 3.63) is 0 Å². The molecule has 0 aromatic rings. The van der Waals surface area contributed by atoms with E-state index < -0.39 is 17.8 Å². The molecule has 0 fully saturated rings. The molecule has 0 unspecified atom stereocenters. The lowest BCUT2D eigenvalue weighted by Gasteiger charge is -2.03. The summed E-state index contributed by atoms with van der Waals surface area (Å²) in [4.78, 5) is 35.7. The molecule has 0 bridgehead atoms. The highest BCUT2D eigenvalue weighted by Gasteiger charge is 2.03. The minimum Gasteiger partial charge on any atom is -0.481 e. The lowest BCUT2D eigenvalue weighted by Crippen LogP contribution is -2.29. The van der Waals surface area contributed by atoms with Crippen LogP contribution in [0.15, 0.2) is 0 Å². The Morgan fingerprint density at radius 1 is 1.20 bits per heavy atom. The van der Waals surface area contributed by atoms with Gasteiger partial charge in [0.1, 0.15) is 0 Å². The van der Waals surface area contributed by atoms with Gasteiger partial charge in [0.25, 0.3) is 0 Å². The molecule has 0 atom stereocenters. The van der Waals surface area contributed by atoms with Gasteiger partial charge in [0.05, 0.1) is 0 Å². The van der Waals surface area contributed by atoms with Crippen LogP contribution in [-0.4, -0.2) is 29.5 Å². The average Bonchev–Trinajstić information content (AvgIpc) is 2.11. The van der Waals surface area contributed by atoms with Crippen LogP contribution in [0, 0.1) is 0 Å². The number of amides is 2. The quantitative estimate of drug-likeness (QED) is 0.362. The molecule has 0 aliphatic heterocycles. The van der Waals surface area contributed by atoms with Crippen LogP contribution in [0.1, 0.15) is 25.7 Å². The van der Waals surface area contributed by atoms with E-state index in [1.165, 1.54) is 0 Å². The summed E-state index contributed by atoms with van der Waals surface area (Å²) in [6.45, 7) is -0.374. The van der Waals surface area contributed by atoms with Crippen LogP contribution >= 0.6 is 0 Å². The summed E-state index contributed by atoms with van der Waals surface area (Å²) in [5, 5.41) is 8.30. The van der Waals surface area contributed by atoms with Crippen LogP contribution in [0.25, 0.3) is 0 Å². The van der Waals surface area contributed by atoms with E-state index in [0.717, 1.165) is 0 Å². The lowest BCUT2D eigenvalue weighted by molar-refractivity contribution is -0.139. The van der Waals surface area contributed by atoms with E-state index in [0.29, 0.717) is 12.8 Å². The molecule has 0 aliphatic rings. The second-order valence-corrected chi connectivity index (χ2v) is 2.88. The second-order valence-electron chi connectivity index (χ2n) is 2.88. The predicted octanol–water partition coefficient (Wildman–Crippen LogP) is -0.836. The van der Waals surface area contributed by atoms with Crippen LogP contribution in [-0.2, 0) is 19.2 Å². The van der Waals surface area contributed by atoms with Crippen LogP contribution in [0.2, 0.25) is 0 Å². The van der Waals surface area contributed by atoms with Crippen molar-refractivity contribution in [2.24, 2.45) is 5.73 Å². The molecule has 0 radical (unpaired) electrons. The van der Waals surface area contributed by atoms with E-state index >= 15 is 0 Å². The molecular formula is C8H14N2O5. The van der Waals surface area contributed by atoms with E-state index in [1.54, 1.807) is 0 Å². The standard InChI is InChI=1S/C8H14N2O5/c9-6(11)5-15-10-7(12)3-1-2-4-8(13)14/h1-5H2,(H2,9,11)(H,10,12)(H,13,14). The summed E-state index contributed by atoms with van der Waals surface area (Å²) in [7, 11) is 0. The number of hydroxylamine groups is 1. The molecule has 0 heterocycles. The molecular weight excluding hydrogens is 204 g/mol. The zero-order chi connectivity index (χ0) is 11.7. The van der Waals surface area contributed by atoms with E-state index in [4.69, 9.17) is 10.8 Å². The number of nitrogens with two attached hydrogens (primary N) is 1. The number of nitrogens with one attached hydrogen (secondary N) is 1. The van der Waals surface area contributed by atoms with Gasteiger partial charge in [-0.05, 0) is 12.8 Å². The SMILES string of the molecule is NC(=O)CONC(=O)CCCCC(=O)O. The number of carboxylic acids is 1. The highest BCUT2D eigenvalue weighted by atomic mass is 16.7. The number of primary amides is 1. The third kappa shape index (κ3) is 10.3. The maximum Gasteiger partial charge on any atom is 0.303 e. The van der Waals surface area contributed by atoms with E-state index in [9.17, 15) is 14.4 Å². The van der Waals surface area contributed by atoms with E-state index in [1.807, 2.05) is 5.48 Å². The van der Waals surface area contributed by atoms with Gasteiger partial charge in [-0.2, -0.15) is 0 Å². The van der Waals surface area contributed by atoms with Gasteiger partial charge in [0.15, 0.2) is 6.61 Å². The molecule has 86 valence electrons. The highest BCUT2D eigenvalue weighted by molar-refractivity contribution is 5.76. The Bertz CT molecular complexity index is 241. The van der Waals surface area contributed by atoms with Crippen molar-refractivity contribution >= 4 is 17.8 Å². The Morgan fingerprint density at radius 3 is 2.33 bits per heavy atom. The first-order valence-electron chi connectivity index (χ1n) is 4.43. The number of carbonyl (C=O) groups excluding carboxylic acids is 2. The van der Waals surface area contributed by atoms with E-state index in [2.05, 4.69) is 4.84 Å². The van der Waals surface area contributed by atoms with Gasteiger partial charge in [-0.25, -0.2) is 5.48 Å². The predicted molar refractivity (Wildman–Crippen MR) is 49.4 cm³/mol. The van der Waals surface area contributed by atoms with Gasteiger partial charge >= 0.3 is 5.97 Å². The van der Waals surface area contributed by atoms with Crippen LogP contribution in [0.3, 0.4) is 0 Å². The molecule has 0 aromatic heterocycles. The number of rotatable bonds is 8. The van der Waals surface area contributed by atoms with Gasteiger partial charge < -0.3 is 10.8 Å². The molecule has 7 nitrogen and oxygen atoms in total. The fourth-order valence-corrected chi connectivity index (χ4v) is 0.801. The first-order chi connectivity index (χ1) is 7.02. The van der Waals surface area contributed by atoms with Crippen molar-refractivity contribution in [2.75, 3.05) is 6.61 Å². The molecule has 0 aromatic carbocycles. The van der Waals surface area contributed by atoms with Crippen molar-refractivity contribution in [1.82, 2.24) is 5.48 Å². The van der Waals surface area contributed by atoms with Crippen LogP contribution in [0.4, 0.5) is 0 Å². The fourth-order valence-electron chi connectivity index (χ4n) is 0.801. The lowest BCUT2D eigenvalue weighted by atomic mass is 10.2. The summed E-state index contributed by atoms with van der Waals surface area (Å²) in [6.07, 6.45) is 1.08. The zero-order valence-electron chi connectivity index (χ0n) is 8.19. The maximum atomic E-state index is 10.9. The smallest absolute Gasteiger partial charge is 0.303 e. The first-order valence-corrected chi connectivity index (χ1v) is 4.43. The number of aliphatic carboxylic acids is 1. The maximum absolute atomic E-state index is 10.9. The Labute approximate surface area is 86.5 Å². The van der Waals surface area contributed by atoms with Crippen LogP contribution < -0.4 is 11.2 Å². The molecule has 0 spiro atoms. The van der Waals surface area contributed by atoms with Gasteiger partial charge in [0.2, 0.25) is 11.8 Å². The molecule has 2 amide bonds. The van der Waals surface area contributed by atoms with Crippen LogP contribution in [0.5, 0.6) is 0 Å². The fraction of sp³-hybridized carbons (Fsp3) is 0.625. The first kappa shape index (κ1) is 13.4.